The number of aromatic nitrogens is 1. The van der Waals surface area contributed by atoms with E-state index in [0.717, 1.165) is 17.0 Å². The van der Waals surface area contributed by atoms with Crippen LogP contribution in [0.3, 0.4) is 0 Å². The van der Waals surface area contributed by atoms with E-state index in [1.54, 1.807) is 6.20 Å². The molecule has 0 amide bonds. The molecule has 0 saturated carbocycles. The van der Waals surface area contributed by atoms with Gasteiger partial charge in [0, 0.05) is 17.8 Å². The molecule has 0 fully saturated rings. The van der Waals surface area contributed by atoms with E-state index >= 15 is 0 Å². The van der Waals surface area contributed by atoms with Gasteiger partial charge in [0.05, 0.1) is 5.69 Å². The fourth-order valence-electron chi connectivity index (χ4n) is 1.79. The molecule has 0 bridgehead atoms. The Kier molecular flexibility index (Phi) is 3.95. The average molecular weight is 242 g/mol. The third kappa shape index (κ3) is 3.08. The molecule has 18 heavy (non-hydrogen) atoms. The lowest BCUT2D eigenvalue weighted by molar-refractivity contribution is 0.296. The Morgan fingerprint density at radius 1 is 1.28 bits per heavy atom. The highest BCUT2D eigenvalue weighted by Gasteiger charge is 2.08. The van der Waals surface area contributed by atoms with Gasteiger partial charge in [-0.25, -0.2) is 0 Å². The smallest absolute Gasteiger partial charge is 0.130 e. The quantitative estimate of drug-likeness (QED) is 0.896. The van der Waals surface area contributed by atoms with Crippen LogP contribution in [-0.2, 0) is 6.61 Å². The van der Waals surface area contributed by atoms with Crippen molar-refractivity contribution in [3.63, 3.8) is 0 Å². The lowest BCUT2D eigenvalue weighted by atomic mass is 10.1. The molecule has 0 aliphatic heterocycles. The first-order valence-corrected chi connectivity index (χ1v) is 6.05. The third-order valence-corrected chi connectivity index (χ3v) is 2.76. The van der Waals surface area contributed by atoms with Gasteiger partial charge in [-0.2, -0.15) is 0 Å². The number of pyridine rings is 1. The number of aryl methyl sites for hydroxylation is 1. The second kappa shape index (κ2) is 5.65. The summed E-state index contributed by atoms with van der Waals surface area (Å²) in [5, 5.41) is 0. The molecule has 0 aliphatic carbocycles. The Hall–Kier alpha value is -1.87. The number of nitrogens with zero attached hydrogens (tertiary/aromatic N) is 1. The normalized spacial score (nSPS) is 12.2. The first-order valence-electron chi connectivity index (χ1n) is 6.05. The summed E-state index contributed by atoms with van der Waals surface area (Å²) in [6, 6.07) is 11.8. The summed E-state index contributed by atoms with van der Waals surface area (Å²) < 4.78 is 5.80. The molecule has 0 unspecified atom stereocenters. The molecule has 1 aromatic carbocycles. The fourth-order valence-corrected chi connectivity index (χ4v) is 1.79. The Morgan fingerprint density at radius 2 is 2.11 bits per heavy atom. The second-order valence-corrected chi connectivity index (χ2v) is 4.44. The van der Waals surface area contributed by atoms with Crippen molar-refractivity contribution in [3.8, 4) is 5.75 Å². The zero-order valence-corrected chi connectivity index (χ0v) is 10.8. The van der Waals surface area contributed by atoms with Gasteiger partial charge in [0.25, 0.3) is 0 Å². The summed E-state index contributed by atoms with van der Waals surface area (Å²) in [6.45, 7) is 4.47. The molecule has 1 aromatic heterocycles. The second-order valence-electron chi connectivity index (χ2n) is 4.44. The number of hydrogen-bond donors (Lipinski definition) is 1. The Morgan fingerprint density at radius 3 is 2.78 bits per heavy atom. The third-order valence-electron chi connectivity index (χ3n) is 2.76. The van der Waals surface area contributed by atoms with E-state index in [-0.39, 0.29) is 6.04 Å². The van der Waals surface area contributed by atoms with Crippen LogP contribution in [0.2, 0.25) is 0 Å². The number of rotatable bonds is 4. The van der Waals surface area contributed by atoms with Gasteiger partial charge in [0.2, 0.25) is 0 Å². The van der Waals surface area contributed by atoms with Gasteiger partial charge in [-0.15, -0.1) is 0 Å². The molecule has 2 aromatic rings. The molecule has 3 nitrogen and oxygen atoms in total. The highest BCUT2D eigenvalue weighted by Crippen LogP contribution is 2.25. The minimum Gasteiger partial charge on any atom is -0.487 e. The fraction of sp³-hybridized carbons (Fsp3) is 0.267. The first-order chi connectivity index (χ1) is 8.66. The number of nitrogens with two attached hydrogens (primary N) is 1. The van der Waals surface area contributed by atoms with Crippen LogP contribution >= 0.6 is 0 Å². The van der Waals surface area contributed by atoms with Crippen LogP contribution < -0.4 is 10.5 Å². The average Bonchev–Trinajstić information content (AvgIpc) is 2.38. The summed E-state index contributed by atoms with van der Waals surface area (Å²) in [4.78, 5) is 4.23. The zero-order chi connectivity index (χ0) is 13.0. The van der Waals surface area contributed by atoms with E-state index in [1.807, 2.05) is 37.3 Å². The first kappa shape index (κ1) is 12.6. The molecular weight excluding hydrogens is 224 g/mol. The minimum atomic E-state index is -0.0383. The monoisotopic (exact) mass is 242 g/mol. The highest BCUT2D eigenvalue weighted by molar-refractivity contribution is 5.38. The topological polar surface area (TPSA) is 48.1 Å². The van der Waals surface area contributed by atoms with Crippen molar-refractivity contribution >= 4 is 0 Å². The van der Waals surface area contributed by atoms with Gasteiger partial charge in [0.1, 0.15) is 12.4 Å². The van der Waals surface area contributed by atoms with Crippen molar-refractivity contribution in [3.05, 3.63) is 59.4 Å². The number of benzene rings is 1. The van der Waals surface area contributed by atoms with E-state index in [0.29, 0.717) is 6.61 Å². The molecular formula is C15H18N2O. The van der Waals surface area contributed by atoms with Gasteiger partial charge in [-0.05, 0) is 32.0 Å². The lowest BCUT2D eigenvalue weighted by Gasteiger charge is -2.14. The molecule has 0 aliphatic rings. The van der Waals surface area contributed by atoms with Crippen molar-refractivity contribution < 1.29 is 4.74 Å². The summed E-state index contributed by atoms with van der Waals surface area (Å²) in [5.41, 5.74) is 9.09. The Balaban J connectivity index is 2.14. The largest absolute Gasteiger partial charge is 0.487 e. The molecule has 1 atom stereocenters. The molecule has 2 rings (SSSR count). The summed E-state index contributed by atoms with van der Waals surface area (Å²) in [5.74, 6) is 0.834. The van der Waals surface area contributed by atoms with Crippen LogP contribution in [0, 0.1) is 6.92 Å². The summed E-state index contributed by atoms with van der Waals surface area (Å²) >= 11 is 0. The number of hydrogen-bond acceptors (Lipinski definition) is 3. The number of ether oxygens (including phenoxy) is 1. The maximum absolute atomic E-state index is 5.96. The Bertz CT molecular complexity index is 509. The van der Waals surface area contributed by atoms with Gasteiger partial charge in [-0.3, -0.25) is 4.98 Å². The summed E-state index contributed by atoms with van der Waals surface area (Å²) in [6.07, 6.45) is 1.76. The molecule has 0 spiro atoms. The highest BCUT2D eigenvalue weighted by atomic mass is 16.5. The van der Waals surface area contributed by atoms with Gasteiger partial charge < -0.3 is 10.5 Å². The van der Waals surface area contributed by atoms with E-state index in [1.165, 1.54) is 5.56 Å². The van der Waals surface area contributed by atoms with Gasteiger partial charge >= 0.3 is 0 Å². The van der Waals surface area contributed by atoms with E-state index in [4.69, 9.17) is 10.5 Å². The van der Waals surface area contributed by atoms with Gasteiger partial charge in [0.15, 0.2) is 0 Å². The SMILES string of the molecule is Cc1ccc(OCc2ccccn2)c([C@@H](C)N)c1. The van der Waals surface area contributed by atoms with E-state index < -0.39 is 0 Å². The van der Waals surface area contributed by atoms with Crippen LogP contribution in [0.5, 0.6) is 5.75 Å². The van der Waals surface area contributed by atoms with Crippen LogP contribution in [0.15, 0.2) is 42.6 Å². The van der Waals surface area contributed by atoms with E-state index in [9.17, 15) is 0 Å². The van der Waals surface area contributed by atoms with Gasteiger partial charge in [-0.1, -0.05) is 23.8 Å². The molecule has 3 heteroatoms. The minimum absolute atomic E-state index is 0.0383. The van der Waals surface area contributed by atoms with Crippen molar-refractivity contribution in [1.82, 2.24) is 4.98 Å². The van der Waals surface area contributed by atoms with Crippen LogP contribution in [0.25, 0.3) is 0 Å². The Labute approximate surface area is 108 Å². The summed E-state index contributed by atoms with van der Waals surface area (Å²) in [7, 11) is 0. The van der Waals surface area contributed by atoms with Crippen molar-refractivity contribution in [2.45, 2.75) is 26.5 Å². The predicted molar refractivity (Wildman–Crippen MR) is 72.4 cm³/mol. The molecule has 1 heterocycles. The molecule has 0 radical (unpaired) electrons. The van der Waals surface area contributed by atoms with Crippen molar-refractivity contribution in [2.75, 3.05) is 0 Å². The zero-order valence-electron chi connectivity index (χ0n) is 10.8. The van der Waals surface area contributed by atoms with Crippen molar-refractivity contribution in [1.29, 1.82) is 0 Å². The van der Waals surface area contributed by atoms with Crippen LogP contribution in [-0.4, -0.2) is 4.98 Å². The molecule has 2 N–H and O–H groups in total. The maximum Gasteiger partial charge on any atom is 0.130 e. The predicted octanol–water partition coefficient (Wildman–Crippen LogP) is 2.99. The van der Waals surface area contributed by atoms with Crippen LogP contribution in [0.1, 0.15) is 29.8 Å². The standard InChI is InChI=1S/C15H18N2O/c1-11-6-7-15(14(9-11)12(2)16)18-10-13-5-3-4-8-17-13/h3-9,12H,10,16H2,1-2H3/t12-/m1/s1. The molecule has 0 saturated heterocycles. The van der Waals surface area contributed by atoms with Crippen LogP contribution in [0.4, 0.5) is 0 Å². The van der Waals surface area contributed by atoms with E-state index in [2.05, 4.69) is 18.0 Å². The molecule has 94 valence electrons. The lowest BCUT2D eigenvalue weighted by Crippen LogP contribution is -2.08. The maximum atomic E-state index is 5.96. The van der Waals surface area contributed by atoms with Crippen molar-refractivity contribution in [2.24, 2.45) is 5.73 Å².